The van der Waals surface area contributed by atoms with Crippen LogP contribution >= 0.6 is 0 Å². The lowest BCUT2D eigenvalue weighted by molar-refractivity contribution is -0.119. The van der Waals surface area contributed by atoms with Crippen molar-refractivity contribution in [3.63, 3.8) is 0 Å². The van der Waals surface area contributed by atoms with Crippen molar-refractivity contribution in [2.75, 3.05) is 35.9 Å². The second kappa shape index (κ2) is 10.5. The molecule has 0 spiro atoms. The molecular formula is C26H31N3O3S. The van der Waals surface area contributed by atoms with Gasteiger partial charge in [-0.1, -0.05) is 53.6 Å². The molecule has 0 fully saturated rings. The summed E-state index contributed by atoms with van der Waals surface area (Å²) < 4.78 is 28.2. The van der Waals surface area contributed by atoms with E-state index >= 15 is 0 Å². The first kappa shape index (κ1) is 24.3. The third-order valence-corrected chi connectivity index (χ3v) is 7.26. The molecule has 1 amide bonds. The van der Waals surface area contributed by atoms with Crippen molar-refractivity contribution in [3.8, 4) is 0 Å². The van der Waals surface area contributed by atoms with Crippen molar-refractivity contribution in [1.82, 2.24) is 5.32 Å². The summed E-state index contributed by atoms with van der Waals surface area (Å²) >= 11 is 0. The van der Waals surface area contributed by atoms with Crippen molar-refractivity contribution in [2.24, 2.45) is 0 Å². The molecule has 0 bridgehead atoms. The highest BCUT2D eigenvalue weighted by molar-refractivity contribution is 7.92. The van der Waals surface area contributed by atoms with Crippen LogP contribution in [0.3, 0.4) is 0 Å². The molecule has 0 aliphatic heterocycles. The number of amides is 1. The molecule has 0 saturated heterocycles. The Morgan fingerprint density at radius 1 is 0.879 bits per heavy atom. The maximum Gasteiger partial charge on any atom is 0.264 e. The number of carbonyl (C=O) groups excluding carboxylic acids is 1. The van der Waals surface area contributed by atoms with Gasteiger partial charge in [0.15, 0.2) is 0 Å². The lowest BCUT2D eigenvalue weighted by atomic mass is 10.1. The topological polar surface area (TPSA) is 69.7 Å². The Morgan fingerprint density at radius 3 is 2.15 bits per heavy atom. The number of para-hydroxylation sites is 1. The summed E-state index contributed by atoms with van der Waals surface area (Å²) in [5.41, 5.74) is 4.33. The molecule has 3 aromatic rings. The van der Waals surface area contributed by atoms with Gasteiger partial charge in [-0.2, -0.15) is 0 Å². The minimum absolute atomic E-state index is 0.157. The zero-order chi connectivity index (χ0) is 24.0. The molecule has 0 saturated carbocycles. The number of anilines is 2. The summed E-state index contributed by atoms with van der Waals surface area (Å²) in [6.45, 7) is 6.41. The zero-order valence-corrected chi connectivity index (χ0v) is 20.4. The fourth-order valence-electron chi connectivity index (χ4n) is 3.58. The van der Waals surface area contributed by atoms with Gasteiger partial charge >= 0.3 is 0 Å². The van der Waals surface area contributed by atoms with E-state index in [-0.39, 0.29) is 17.3 Å². The number of benzene rings is 3. The molecule has 174 valence electrons. The monoisotopic (exact) mass is 465 g/mol. The van der Waals surface area contributed by atoms with Gasteiger partial charge in [0.25, 0.3) is 10.0 Å². The van der Waals surface area contributed by atoms with Gasteiger partial charge < -0.3 is 10.2 Å². The minimum atomic E-state index is -3.92. The molecule has 7 heteroatoms. The molecule has 0 aromatic heterocycles. The van der Waals surface area contributed by atoms with Gasteiger partial charge in [0, 0.05) is 25.8 Å². The molecule has 33 heavy (non-hydrogen) atoms. The van der Waals surface area contributed by atoms with Crippen LogP contribution in [0.15, 0.2) is 77.7 Å². The third-order valence-electron chi connectivity index (χ3n) is 5.48. The molecule has 3 aromatic carbocycles. The Morgan fingerprint density at radius 2 is 1.52 bits per heavy atom. The molecule has 6 nitrogen and oxygen atoms in total. The summed E-state index contributed by atoms with van der Waals surface area (Å²) in [6.07, 6.45) is 0. The van der Waals surface area contributed by atoms with E-state index in [4.69, 9.17) is 0 Å². The summed E-state index contributed by atoms with van der Waals surface area (Å²) in [5, 5.41) is 2.86. The SMILES string of the molecule is Cc1ccc(S(=O)(=O)N(CC(=O)NCCN(C)c2ccccc2)c2ccc(C)cc2C)cc1. The molecule has 0 aliphatic carbocycles. The van der Waals surface area contributed by atoms with Crippen LogP contribution in [-0.2, 0) is 14.8 Å². The van der Waals surface area contributed by atoms with Crippen molar-refractivity contribution < 1.29 is 13.2 Å². The maximum atomic E-state index is 13.5. The average Bonchev–Trinajstić information content (AvgIpc) is 2.78. The number of sulfonamides is 1. The van der Waals surface area contributed by atoms with E-state index in [1.54, 1.807) is 30.3 Å². The van der Waals surface area contributed by atoms with Crippen LogP contribution in [0, 0.1) is 20.8 Å². The molecule has 0 heterocycles. The summed E-state index contributed by atoms with van der Waals surface area (Å²) in [5.74, 6) is -0.355. The fourth-order valence-corrected chi connectivity index (χ4v) is 5.07. The lowest BCUT2D eigenvalue weighted by Gasteiger charge is -2.26. The molecule has 0 aliphatic rings. The van der Waals surface area contributed by atoms with Crippen LogP contribution in [0.2, 0.25) is 0 Å². The highest BCUT2D eigenvalue weighted by Crippen LogP contribution is 2.27. The molecule has 0 unspecified atom stereocenters. The second-order valence-corrected chi connectivity index (χ2v) is 10.1. The number of hydrogen-bond acceptors (Lipinski definition) is 4. The second-order valence-electron chi connectivity index (χ2n) is 8.22. The smallest absolute Gasteiger partial charge is 0.264 e. The van der Waals surface area contributed by atoms with E-state index in [0.717, 1.165) is 22.4 Å². The number of nitrogens with zero attached hydrogens (tertiary/aromatic N) is 2. The summed E-state index contributed by atoms with van der Waals surface area (Å²) in [6, 6.07) is 22.1. The van der Waals surface area contributed by atoms with Crippen molar-refractivity contribution >= 4 is 27.3 Å². The van der Waals surface area contributed by atoms with E-state index in [0.29, 0.717) is 18.8 Å². The van der Waals surface area contributed by atoms with Gasteiger partial charge in [0.2, 0.25) is 5.91 Å². The number of likely N-dealkylation sites (N-methyl/N-ethyl adjacent to an activating group) is 1. The summed E-state index contributed by atoms with van der Waals surface area (Å²) in [7, 11) is -1.97. The normalized spacial score (nSPS) is 11.2. The number of nitrogens with one attached hydrogen (secondary N) is 1. The Kier molecular flexibility index (Phi) is 7.76. The number of aryl methyl sites for hydroxylation is 3. The standard InChI is InChI=1S/C26H31N3O3S/c1-20-10-13-24(14-11-20)33(31,32)29(25-15-12-21(2)18-22(25)3)19-26(30)27-16-17-28(4)23-8-6-5-7-9-23/h5-15,18H,16-17,19H2,1-4H3,(H,27,30). The largest absolute Gasteiger partial charge is 0.373 e. The van der Waals surface area contributed by atoms with Crippen molar-refractivity contribution in [1.29, 1.82) is 0 Å². The van der Waals surface area contributed by atoms with Crippen LogP contribution in [-0.4, -0.2) is 41.0 Å². The predicted molar refractivity (Wildman–Crippen MR) is 134 cm³/mol. The Balaban J connectivity index is 1.78. The molecular weight excluding hydrogens is 434 g/mol. The highest BCUT2D eigenvalue weighted by Gasteiger charge is 2.28. The van der Waals surface area contributed by atoms with Crippen LogP contribution in [0.25, 0.3) is 0 Å². The molecule has 1 N–H and O–H groups in total. The Hall–Kier alpha value is -3.32. The van der Waals surface area contributed by atoms with Crippen LogP contribution in [0.4, 0.5) is 11.4 Å². The van der Waals surface area contributed by atoms with E-state index in [2.05, 4.69) is 5.32 Å². The van der Waals surface area contributed by atoms with Crippen LogP contribution in [0.5, 0.6) is 0 Å². The number of hydrogen-bond donors (Lipinski definition) is 1. The van der Waals surface area contributed by atoms with Crippen LogP contribution in [0.1, 0.15) is 16.7 Å². The van der Waals surface area contributed by atoms with Gasteiger partial charge in [0.1, 0.15) is 6.54 Å². The van der Waals surface area contributed by atoms with Crippen molar-refractivity contribution in [3.05, 3.63) is 89.5 Å². The average molecular weight is 466 g/mol. The van der Waals surface area contributed by atoms with Gasteiger partial charge in [-0.05, 0) is 56.7 Å². The number of rotatable bonds is 9. The summed E-state index contributed by atoms with van der Waals surface area (Å²) in [4.78, 5) is 15.0. The maximum absolute atomic E-state index is 13.5. The van der Waals surface area contributed by atoms with Gasteiger partial charge in [-0.15, -0.1) is 0 Å². The molecule has 3 rings (SSSR count). The number of carbonyl (C=O) groups is 1. The van der Waals surface area contributed by atoms with E-state index in [1.807, 2.05) is 75.2 Å². The first-order valence-electron chi connectivity index (χ1n) is 10.9. The van der Waals surface area contributed by atoms with Gasteiger partial charge in [-0.3, -0.25) is 9.10 Å². The highest BCUT2D eigenvalue weighted by atomic mass is 32.2. The quantitative estimate of drug-likeness (QED) is 0.517. The zero-order valence-electron chi connectivity index (χ0n) is 19.6. The third kappa shape index (κ3) is 6.14. The van der Waals surface area contributed by atoms with Crippen LogP contribution < -0.4 is 14.5 Å². The predicted octanol–water partition coefficient (Wildman–Crippen LogP) is 4.06. The van der Waals surface area contributed by atoms with E-state index in [1.165, 1.54) is 4.31 Å². The first-order valence-corrected chi connectivity index (χ1v) is 12.3. The lowest BCUT2D eigenvalue weighted by Crippen LogP contribution is -2.43. The van der Waals surface area contributed by atoms with E-state index < -0.39 is 10.0 Å². The Bertz CT molecular complexity index is 1190. The van der Waals surface area contributed by atoms with Gasteiger partial charge in [0.05, 0.1) is 10.6 Å². The molecule has 0 radical (unpaired) electrons. The first-order chi connectivity index (χ1) is 15.7. The fraction of sp³-hybridized carbons (Fsp3) is 0.269. The minimum Gasteiger partial charge on any atom is -0.373 e. The van der Waals surface area contributed by atoms with E-state index in [9.17, 15) is 13.2 Å². The van der Waals surface area contributed by atoms with Crippen molar-refractivity contribution in [2.45, 2.75) is 25.7 Å². The molecule has 0 atom stereocenters. The Labute approximate surface area is 196 Å². The van der Waals surface area contributed by atoms with Gasteiger partial charge in [-0.25, -0.2) is 8.42 Å².